The van der Waals surface area contributed by atoms with E-state index < -0.39 is 0 Å². The number of amides is 1. The highest BCUT2D eigenvalue weighted by Crippen LogP contribution is 2.12. The number of carbonyl (C=O) groups is 1. The van der Waals surface area contributed by atoms with Crippen LogP contribution in [0.3, 0.4) is 0 Å². The number of aromatic nitrogens is 2. The number of hydrogen-bond donors (Lipinski definition) is 1. The molecule has 0 saturated heterocycles. The highest BCUT2D eigenvalue weighted by Gasteiger charge is 2.09. The van der Waals surface area contributed by atoms with Crippen LogP contribution in [-0.2, 0) is 6.54 Å². The van der Waals surface area contributed by atoms with Gasteiger partial charge in [-0.3, -0.25) is 14.6 Å². The van der Waals surface area contributed by atoms with Crippen LogP contribution < -0.4 is 15.6 Å². The Labute approximate surface area is 144 Å². The third-order valence-electron chi connectivity index (χ3n) is 3.72. The van der Waals surface area contributed by atoms with Gasteiger partial charge in [0.25, 0.3) is 11.5 Å². The number of anilines is 1. The molecule has 0 radical (unpaired) electrons. The monoisotopic (exact) mass is 335 g/mol. The molecule has 1 N–H and O–H groups in total. The van der Waals surface area contributed by atoms with Crippen LogP contribution in [0, 0.1) is 0 Å². The van der Waals surface area contributed by atoms with Gasteiger partial charge in [0.1, 0.15) is 11.4 Å². The van der Waals surface area contributed by atoms with E-state index in [-0.39, 0.29) is 17.2 Å². The van der Waals surface area contributed by atoms with Crippen LogP contribution in [0.2, 0.25) is 0 Å². The summed E-state index contributed by atoms with van der Waals surface area (Å²) < 4.78 is 6.67. The van der Waals surface area contributed by atoms with E-state index in [4.69, 9.17) is 4.74 Å². The molecule has 126 valence electrons. The maximum atomic E-state index is 12.6. The van der Waals surface area contributed by atoms with E-state index in [1.807, 2.05) is 24.3 Å². The molecule has 6 heteroatoms. The predicted octanol–water partition coefficient (Wildman–Crippen LogP) is 2.55. The fraction of sp³-hybridized carbons (Fsp3) is 0.105. The molecular formula is C19H17N3O3. The number of benzene rings is 1. The Kier molecular flexibility index (Phi) is 4.89. The summed E-state index contributed by atoms with van der Waals surface area (Å²) in [4.78, 5) is 28.7. The number of rotatable bonds is 5. The van der Waals surface area contributed by atoms with Crippen molar-refractivity contribution in [2.75, 3.05) is 12.4 Å². The fourth-order valence-electron chi connectivity index (χ4n) is 2.38. The summed E-state index contributed by atoms with van der Waals surface area (Å²) in [5, 5.41) is 2.65. The van der Waals surface area contributed by atoms with Crippen molar-refractivity contribution in [2.24, 2.45) is 0 Å². The molecule has 0 aliphatic rings. The molecule has 0 saturated carbocycles. The van der Waals surface area contributed by atoms with Gasteiger partial charge in [-0.05, 0) is 42.0 Å². The number of ether oxygens (including phenoxy) is 1. The normalized spacial score (nSPS) is 10.3. The first kappa shape index (κ1) is 16.4. The predicted molar refractivity (Wildman–Crippen MR) is 95.0 cm³/mol. The maximum absolute atomic E-state index is 12.6. The standard InChI is InChI=1S/C19H17N3O3/c1-25-16-6-4-14(5-7-16)13-22-12-2-3-17(19(22)24)21-18(23)15-8-10-20-11-9-15/h2-12H,13H2,1H3,(H,21,23). The molecule has 25 heavy (non-hydrogen) atoms. The van der Waals surface area contributed by atoms with Gasteiger partial charge in [0.2, 0.25) is 0 Å². The smallest absolute Gasteiger partial charge is 0.274 e. The van der Waals surface area contributed by atoms with E-state index in [0.29, 0.717) is 12.1 Å². The van der Waals surface area contributed by atoms with Gasteiger partial charge in [0.15, 0.2) is 0 Å². The highest BCUT2D eigenvalue weighted by atomic mass is 16.5. The maximum Gasteiger partial charge on any atom is 0.274 e. The van der Waals surface area contributed by atoms with Crippen LogP contribution >= 0.6 is 0 Å². The van der Waals surface area contributed by atoms with Gasteiger partial charge in [-0.2, -0.15) is 0 Å². The first-order valence-corrected chi connectivity index (χ1v) is 7.71. The molecular weight excluding hydrogens is 318 g/mol. The lowest BCUT2D eigenvalue weighted by molar-refractivity contribution is 0.102. The molecule has 3 aromatic rings. The van der Waals surface area contributed by atoms with Crippen molar-refractivity contribution in [2.45, 2.75) is 6.54 Å². The van der Waals surface area contributed by atoms with Crippen LogP contribution in [0.5, 0.6) is 5.75 Å². The minimum absolute atomic E-state index is 0.234. The Balaban J connectivity index is 1.80. The molecule has 0 unspecified atom stereocenters. The number of nitrogens with zero attached hydrogens (tertiary/aromatic N) is 2. The summed E-state index contributed by atoms with van der Waals surface area (Å²) in [6.07, 6.45) is 4.75. The molecule has 6 nitrogen and oxygen atoms in total. The molecule has 0 bridgehead atoms. The first-order valence-electron chi connectivity index (χ1n) is 7.71. The molecule has 0 atom stereocenters. The van der Waals surface area contributed by atoms with Crippen molar-refractivity contribution < 1.29 is 9.53 Å². The van der Waals surface area contributed by atoms with Crippen molar-refractivity contribution in [3.63, 3.8) is 0 Å². The average Bonchev–Trinajstić information content (AvgIpc) is 2.66. The quantitative estimate of drug-likeness (QED) is 0.778. The van der Waals surface area contributed by atoms with Crippen LogP contribution in [0.25, 0.3) is 0 Å². The highest BCUT2D eigenvalue weighted by molar-refractivity contribution is 6.04. The third-order valence-corrected chi connectivity index (χ3v) is 3.72. The number of nitrogens with one attached hydrogen (secondary N) is 1. The van der Waals surface area contributed by atoms with Crippen LogP contribution in [0.4, 0.5) is 5.69 Å². The number of hydrogen-bond acceptors (Lipinski definition) is 4. The van der Waals surface area contributed by atoms with Crippen LogP contribution in [-0.4, -0.2) is 22.6 Å². The minimum Gasteiger partial charge on any atom is -0.497 e. The SMILES string of the molecule is COc1ccc(Cn2cccc(NC(=O)c3ccncc3)c2=O)cc1. The van der Waals surface area contributed by atoms with Crippen LogP contribution in [0.1, 0.15) is 15.9 Å². The van der Waals surface area contributed by atoms with E-state index in [1.54, 1.807) is 42.1 Å². The Morgan fingerprint density at radius 1 is 1.12 bits per heavy atom. The van der Waals surface area contributed by atoms with E-state index in [2.05, 4.69) is 10.3 Å². The molecule has 2 aromatic heterocycles. The Hall–Kier alpha value is -3.41. The van der Waals surface area contributed by atoms with Gasteiger partial charge < -0.3 is 14.6 Å². The summed E-state index contributed by atoms with van der Waals surface area (Å²) in [7, 11) is 1.61. The van der Waals surface area contributed by atoms with E-state index in [0.717, 1.165) is 11.3 Å². The Bertz CT molecular complexity index is 919. The molecule has 1 amide bonds. The van der Waals surface area contributed by atoms with Crippen molar-refractivity contribution in [3.8, 4) is 5.75 Å². The van der Waals surface area contributed by atoms with Crippen molar-refractivity contribution >= 4 is 11.6 Å². The number of methoxy groups -OCH3 is 1. The summed E-state index contributed by atoms with van der Waals surface area (Å²) in [5.74, 6) is 0.413. The zero-order chi connectivity index (χ0) is 17.6. The van der Waals surface area contributed by atoms with Crippen molar-refractivity contribution in [3.05, 3.63) is 88.6 Å². The van der Waals surface area contributed by atoms with Gasteiger partial charge in [0, 0.05) is 24.2 Å². The molecule has 0 fully saturated rings. The second-order valence-corrected chi connectivity index (χ2v) is 5.39. The summed E-state index contributed by atoms with van der Waals surface area (Å²) in [5.41, 5.74) is 1.37. The van der Waals surface area contributed by atoms with Gasteiger partial charge >= 0.3 is 0 Å². The molecule has 2 heterocycles. The average molecular weight is 335 g/mol. The molecule has 3 rings (SSSR count). The van der Waals surface area contributed by atoms with Gasteiger partial charge in [0.05, 0.1) is 13.7 Å². The van der Waals surface area contributed by atoms with Crippen molar-refractivity contribution in [1.29, 1.82) is 0 Å². The van der Waals surface area contributed by atoms with Crippen molar-refractivity contribution in [1.82, 2.24) is 9.55 Å². The zero-order valence-corrected chi connectivity index (χ0v) is 13.7. The summed E-state index contributed by atoms with van der Waals surface area (Å²) >= 11 is 0. The molecule has 0 aliphatic carbocycles. The number of carbonyl (C=O) groups excluding carboxylic acids is 1. The first-order chi connectivity index (χ1) is 12.2. The molecule has 0 aliphatic heterocycles. The van der Waals surface area contributed by atoms with Gasteiger partial charge in [-0.1, -0.05) is 12.1 Å². The van der Waals surface area contributed by atoms with Crippen LogP contribution in [0.15, 0.2) is 71.9 Å². The summed E-state index contributed by atoms with van der Waals surface area (Å²) in [6, 6.07) is 14.0. The largest absolute Gasteiger partial charge is 0.497 e. The number of pyridine rings is 2. The molecule has 1 aromatic carbocycles. The second kappa shape index (κ2) is 7.44. The van der Waals surface area contributed by atoms with Gasteiger partial charge in [-0.25, -0.2) is 0 Å². The second-order valence-electron chi connectivity index (χ2n) is 5.39. The fourth-order valence-corrected chi connectivity index (χ4v) is 2.38. The third kappa shape index (κ3) is 3.92. The summed E-state index contributed by atoms with van der Waals surface area (Å²) in [6.45, 7) is 0.405. The Morgan fingerprint density at radius 2 is 1.84 bits per heavy atom. The minimum atomic E-state index is -0.346. The van der Waals surface area contributed by atoms with Gasteiger partial charge in [-0.15, -0.1) is 0 Å². The lowest BCUT2D eigenvalue weighted by Gasteiger charge is -2.10. The zero-order valence-electron chi connectivity index (χ0n) is 13.7. The molecule has 0 spiro atoms. The topological polar surface area (TPSA) is 73.2 Å². The lowest BCUT2D eigenvalue weighted by Crippen LogP contribution is -2.25. The van der Waals surface area contributed by atoms with E-state index in [9.17, 15) is 9.59 Å². The lowest BCUT2D eigenvalue weighted by atomic mass is 10.2. The van der Waals surface area contributed by atoms with E-state index >= 15 is 0 Å². The Morgan fingerprint density at radius 3 is 2.52 bits per heavy atom. The van der Waals surface area contributed by atoms with E-state index in [1.165, 1.54) is 12.4 Å².